The lowest BCUT2D eigenvalue weighted by molar-refractivity contribution is 0.193. The molecule has 1 aromatic carbocycles. The molecule has 1 aliphatic carbocycles. The molecular formula is C12H16FNO3S. The maximum Gasteiger partial charge on any atom is 0.180 e. The Hall–Kier alpha value is -0.980. The van der Waals surface area contributed by atoms with Crippen molar-refractivity contribution in [2.24, 2.45) is 0 Å². The molecule has 0 amide bonds. The number of sulfone groups is 1. The second kappa shape index (κ2) is 5.34. The van der Waals surface area contributed by atoms with Gasteiger partial charge in [0.25, 0.3) is 0 Å². The molecule has 1 saturated carbocycles. The number of benzene rings is 1. The highest BCUT2D eigenvalue weighted by Gasteiger charge is 2.24. The van der Waals surface area contributed by atoms with Gasteiger partial charge in [0.15, 0.2) is 9.84 Å². The van der Waals surface area contributed by atoms with Crippen LogP contribution in [0.5, 0.6) is 0 Å². The minimum atomic E-state index is -3.56. The maximum atomic E-state index is 12.7. The van der Waals surface area contributed by atoms with Crippen molar-refractivity contribution in [1.29, 1.82) is 0 Å². The molecule has 1 aliphatic rings. The van der Waals surface area contributed by atoms with Gasteiger partial charge in [-0.2, -0.15) is 0 Å². The van der Waals surface area contributed by atoms with E-state index in [0.717, 1.165) is 25.0 Å². The van der Waals surface area contributed by atoms with E-state index in [9.17, 15) is 17.9 Å². The standard InChI is InChI=1S/C12H16FNO3S/c13-9-1-5-12(6-2-9)18(16,17)8-11(15)7-14-10-3-4-10/h1-2,5-6,10-11,14-15H,3-4,7-8H2. The molecule has 0 heterocycles. The number of aliphatic hydroxyl groups is 1. The van der Waals surface area contributed by atoms with Crippen molar-refractivity contribution in [2.45, 2.75) is 29.9 Å². The minimum Gasteiger partial charge on any atom is -0.391 e. The lowest BCUT2D eigenvalue weighted by Crippen LogP contribution is -2.33. The van der Waals surface area contributed by atoms with Crippen molar-refractivity contribution < 1.29 is 17.9 Å². The van der Waals surface area contributed by atoms with E-state index >= 15 is 0 Å². The molecular weight excluding hydrogens is 257 g/mol. The van der Waals surface area contributed by atoms with Gasteiger partial charge >= 0.3 is 0 Å². The van der Waals surface area contributed by atoms with Crippen LogP contribution in [0, 0.1) is 5.82 Å². The highest BCUT2D eigenvalue weighted by Crippen LogP contribution is 2.18. The van der Waals surface area contributed by atoms with Crippen LogP contribution in [0.4, 0.5) is 4.39 Å². The molecule has 0 radical (unpaired) electrons. The van der Waals surface area contributed by atoms with Crippen molar-refractivity contribution in [3.63, 3.8) is 0 Å². The number of hydrogen-bond acceptors (Lipinski definition) is 4. The molecule has 2 rings (SSSR count). The minimum absolute atomic E-state index is 0.0365. The summed E-state index contributed by atoms with van der Waals surface area (Å²) in [5.41, 5.74) is 0. The third-order valence-corrected chi connectivity index (χ3v) is 4.62. The van der Waals surface area contributed by atoms with E-state index in [2.05, 4.69) is 5.32 Å². The van der Waals surface area contributed by atoms with Crippen LogP contribution in [0.25, 0.3) is 0 Å². The van der Waals surface area contributed by atoms with Gasteiger partial charge in [0.05, 0.1) is 16.8 Å². The topological polar surface area (TPSA) is 66.4 Å². The second-order valence-corrected chi connectivity index (χ2v) is 6.61. The summed E-state index contributed by atoms with van der Waals surface area (Å²) in [6, 6.07) is 5.05. The Kier molecular flexibility index (Phi) is 3.99. The van der Waals surface area contributed by atoms with Crippen LogP contribution in [0.15, 0.2) is 29.2 Å². The SMILES string of the molecule is O=S(=O)(CC(O)CNC1CC1)c1ccc(F)cc1. The molecule has 1 aromatic rings. The first-order valence-electron chi connectivity index (χ1n) is 5.87. The maximum absolute atomic E-state index is 12.7. The number of hydrogen-bond donors (Lipinski definition) is 2. The molecule has 0 aromatic heterocycles. The van der Waals surface area contributed by atoms with E-state index in [-0.39, 0.29) is 17.2 Å². The number of aliphatic hydroxyl groups excluding tert-OH is 1. The van der Waals surface area contributed by atoms with Gasteiger partial charge < -0.3 is 10.4 Å². The lowest BCUT2D eigenvalue weighted by Gasteiger charge is -2.12. The Morgan fingerprint density at radius 1 is 1.33 bits per heavy atom. The van der Waals surface area contributed by atoms with Gasteiger partial charge in [-0.3, -0.25) is 0 Å². The number of rotatable bonds is 6. The van der Waals surface area contributed by atoms with E-state index in [0.29, 0.717) is 6.04 Å². The Bertz CT molecular complexity index is 497. The van der Waals surface area contributed by atoms with E-state index in [1.54, 1.807) is 0 Å². The molecule has 4 nitrogen and oxygen atoms in total. The van der Waals surface area contributed by atoms with Crippen LogP contribution in [0.3, 0.4) is 0 Å². The van der Waals surface area contributed by atoms with Crippen LogP contribution >= 0.6 is 0 Å². The van der Waals surface area contributed by atoms with Crippen LogP contribution in [0.1, 0.15) is 12.8 Å². The zero-order valence-corrected chi connectivity index (χ0v) is 10.7. The zero-order chi connectivity index (χ0) is 13.2. The lowest BCUT2D eigenvalue weighted by atomic mass is 10.3. The zero-order valence-electron chi connectivity index (χ0n) is 9.84. The monoisotopic (exact) mass is 273 g/mol. The highest BCUT2D eigenvalue weighted by atomic mass is 32.2. The summed E-state index contributed by atoms with van der Waals surface area (Å²) in [4.78, 5) is 0.0365. The van der Waals surface area contributed by atoms with E-state index < -0.39 is 21.8 Å². The molecule has 6 heteroatoms. The van der Waals surface area contributed by atoms with E-state index in [1.165, 1.54) is 12.1 Å². The Morgan fingerprint density at radius 3 is 2.50 bits per heavy atom. The summed E-state index contributed by atoms with van der Waals surface area (Å²) < 4.78 is 36.5. The second-order valence-electron chi connectivity index (χ2n) is 4.57. The third-order valence-electron chi connectivity index (χ3n) is 2.80. The molecule has 0 saturated heterocycles. The predicted octanol–water partition coefficient (Wildman–Crippen LogP) is 0.712. The summed E-state index contributed by atoms with van der Waals surface area (Å²) in [7, 11) is -3.56. The Morgan fingerprint density at radius 2 is 1.94 bits per heavy atom. The van der Waals surface area contributed by atoms with Gasteiger partial charge in [-0.05, 0) is 37.1 Å². The van der Waals surface area contributed by atoms with Gasteiger partial charge in [-0.1, -0.05) is 0 Å². The van der Waals surface area contributed by atoms with Gasteiger partial charge in [0.2, 0.25) is 0 Å². The molecule has 2 N–H and O–H groups in total. The molecule has 1 atom stereocenters. The molecule has 1 fully saturated rings. The fourth-order valence-electron chi connectivity index (χ4n) is 1.64. The largest absolute Gasteiger partial charge is 0.391 e. The van der Waals surface area contributed by atoms with E-state index in [4.69, 9.17) is 0 Å². The molecule has 0 spiro atoms. The van der Waals surface area contributed by atoms with Gasteiger partial charge in [0.1, 0.15) is 5.82 Å². The van der Waals surface area contributed by atoms with Crippen molar-refractivity contribution in [3.05, 3.63) is 30.1 Å². The summed E-state index contributed by atoms with van der Waals surface area (Å²) in [6.07, 6.45) is 1.22. The van der Waals surface area contributed by atoms with Crippen LogP contribution < -0.4 is 5.32 Å². The average Bonchev–Trinajstić information content (AvgIpc) is 3.10. The summed E-state index contributed by atoms with van der Waals surface area (Å²) in [6.45, 7) is 0.269. The smallest absolute Gasteiger partial charge is 0.180 e. The Labute approximate surface area is 106 Å². The number of halogens is 1. The quantitative estimate of drug-likeness (QED) is 0.749. The summed E-state index contributed by atoms with van der Waals surface area (Å²) in [5.74, 6) is -0.830. The van der Waals surface area contributed by atoms with Crippen molar-refractivity contribution in [1.82, 2.24) is 5.32 Å². The first kappa shape index (κ1) is 13.5. The predicted molar refractivity (Wildman–Crippen MR) is 65.5 cm³/mol. The highest BCUT2D eigenvalue weighted by molar-refractivity contribution is 7.91. The van der Waals surface area contributed by atoms with Gasteiger partial charge in [-0.15, -0.1) is 0 Å². The number of nitrogens with one attached hydrogen (secondary N) is 1. The van der Waals surface area contributed by atoms with E-state index in [1.807, 2.05) is 0 Å². The van der Waals surface area contributed by atoms with Crippen molar-refractivity contribution in [3.8, 4) is 0 Å². The normalized spacial score (nSPS) is 17.7. The average molecular weight is 273 g/mol. The molecule has 0 bridgehead atoms. The first-order chi connectivity index (χ1) is 8.47. The molecule has 1 unspecified atom stereocenters. The molecule has 0 aliphatic heterocycles. The summed E-state index contributed by atoms with van der Waals surface area (Å²) in [5, 5.41) is 12.7. The fourth-order valence-corrected chi connectivity index (χ4v) is 3.01. The third kappa shape index (κ3) is 3.76. The molecule has 18 heavy (non-hydrogen) atoms. The van der Waals surface area contributed by atoms with Crippen LogP contribution in [0.2, 0.25) is 0 Å². The summed E-state index contributed by atoms with van der Waals surface area (Å²) >= 11 is 0. The van der Waals surface area contributed by atoms with Gasteiger partial charge in [-0.25, -0.2) is 12.8 Å². The van der Waals surface area contributed by atoms with Crippen LogP contribution in [-0.4, -0.2) is 38.0 Å². The van der Waals surface area contributed by atoms with Crippen LogP contribution in [-0.2, 0) is 9.84 Å². The van der Waals surface area contributed by atoms with Gasteiger partial charge in [0, 0.05) is 12.6 Å². The van der Waals surface area contributed by atoms with Crippen molar-refractivity contribution in [2.75, 3.05) is 12.3 Å². The van der Waals surface area contributed by atoms with Crippen molar-refractivity contribution >= 4 is 9.84 Å². The molecule has 100 valence electrons. The Balaban J connectivity index is 1.94. The fraction of sp³-hybridized carbons (Fsp3) is 0.500. The first-order valence-corrected chi connectivity index (χ1v) is 7.52.